The van der Waals surface area contributed by atoms with E-state index in [0.717, 1.165) is 5.75 Å². The zero-order valence-electron chi connectivity index (χ0n) is 12.6. The summed E-state index contributed by atoms with van der Waals surface area (Å²) in [5.41, 5.74) is 5.52. The number of nitrogens with one attached hydrogen (secondary N) is 3. The van der Waals surface area contributed by atoms with Crippen LogP contribution in [-0.4, -0.2) is 71.6 Å². The largest absolute Gasteiger partial charge is 0.480 e. The fourth-order valence-corrected chi connectivity index (χ4v) is 3.09. The van der Waals surface area contributed by atoms with Gasteiger partial charge in [0.2, 0.25) is 5.91 Å². The molecule has 23 heavy (non-hydrogen) atoms. The van der Waals surface area contributed by atoms with Crippen molar-refractivity contribution in [1.82, 2.24) is 16.0 Å². The molecular formula is C11H22N4O6S2. The molecule has 0 fully saturated rings. The van der Waals surface area contributed by atoms with Crippen LogP contribution in [0, 0.1) is 0 Å². The normalized spacial score (nSPS) is 13.0. The molecule has 12 heteroatoms. The van der Waals surface area contributed by atoms with Crippen molar-refractivity contribution in [2.24, 2.45) is 5.73 Å². The monoisotopic (exact) mass is 370 g/mol. The first kappa shape index (κ1) is 21.8. The summed E-state index contributed by atoms with van der Waals surface area (Å²) in [4.78, 5) is 38.0. The topological polar surface area (TPSA) is 163 Å². The second kappa shape index (κ2) is 13.2. The van der Waals surface area contributed by atoms with Crippen molar-refractivity contribution in [2.45, 2.75) is 19.0 Å². The zero-order chi connectivity index (χ0) is 17.7. The molecule has 0 aromatic carbocycles. The van der Waals surface area contributed by atoms with E-state index in [-0.39, 0.29) is 18.9 Å². The lowest BCUT2D eigenvalue weighted by molar-refractivity contribution is -0.244. The van der Waals surface area contributed by atoms with Crippen LogP contribution in [0.1, 0.15) is 6.92 Å². The van der Waals surface area contributed by atoms with Crippen molar-refractivity contribution in [3.05, 3.63) is 0 Å². The summed E-state index contributed by atoms with van der Waals surface area (Å²) in [5, 5.41) is 23.9. The molecule has 0 saturated heterocycles. The predicted octanol–water partition coefficient (Wildman–Crippen LogP) is -0.927. The molecule has 0 bridgehead atoms. The molecule has 0 aliphatic rings. The van der Waals surface area contributed by atoms with Crippen LogP contribution in [-0.2, 0) is 14.5 Å². The highest BCUT2D eigenvalue weighted by molar-refractivity contribution is 8.76. The molecule has 0 aliphatic carbocycles. The highest BCUT2D eigenvalue weighted by atomic mass is 33.1. The molecule has 2 atom stereocenters. The minimum atomic E-state index is -1.17. The number of carbonyl (C=O) groups excluding carboxylic acids is 2. The number of hydrogen-bond donors (Lipinski definition) is 6. The first-order chi connectivity index (χ1) is 10.9. The summed E-state index contributed by atoms with van der Waals surface area (Å²) in [6, 6.07) is -2.12. The molecule has 0 unspecified atom stereocenters. The Bertz CT molecular complexity index is 388. The lowest BCUT2D eigenvalue weighted by Crippen LogP contribution is -2.53. The molecule has 10 nitrogen and oxygen atoms in total. The Morgan fingerprint density at radius 1 is 1.26 bits per heavy atom. The van der Waals surface area contributed by atoms with Crippen LogP contribution >= 0.6 is 21.6 Å². The fourth-order valence-electron chi connectivity index (χ4n) is 1.26. The molecule has 0 heterocycles. The average Bonchev–Trinajstić information content (AvgIpc) is 2.50. The van der Waals surface area contributed by atoms with E-state index in [2.05, 4.69) is 20.8 Å². The third-order valence-electron chi connectivity index (χ3n) is 2.28. The van der Waals surface area contributed by atoms with Gasteiger partial charge in [-0.25, -0.2) is 9.68 Å². The van der Waals surface area contributed by atoms with Crippen molar-refractivity contribution in [2.75, 3.05) is 31.2 Å². The van der Waals surface area contributed by atoms with Crippen molar-refractivity contribution in [3.63, 3.8) is 0 Å². The highest BCUT2D eigenvalue weighted by Crippen LogP contribution is 2.21. The Morgan fingerprint density at radius 3 is 2.52 bits per heavy atom. The lowest BCUT2D eigenvalue weighted by Gasteiger charge is -2.18. The molecule has 0 aromatic heterocycles. The Kier molecular flexibility index (Phi) is 12.6. The standard InChI is InChI=1S/C11H22N4O6S2/c1-2-22-23-6-8(10(18)13-4-9(16)17)15-11(19)14-3-7(12)5-21-20/h7-8,20H,2-6,12H2,1H3,(H,13,18)(H,16,17)(H2,14,15,19)/t7-,8-/m0/s1. The van der Waals surface area contributed by atoms with E-state index in [4.69, 9.17) is 16.1 Å². The molecular weight excluding hydrogens is 348 g/mol. The van der Waals surface area contributed by atoms with E-state index >= 15 is 0 Å². The van der Waals surface area contributed by atoms with Gasteiger partial charge >= 0.3 is 12.0 Å². The van der Waals surface area contributed by atoms with Crippen LogP contribution < -0.4 is 21.7 Å². The van der Waals surface area contributed by atoms with E-state index in [1.807, 2.05) is 6.92 Å². The number of carbonyl (C=O) groups is 3. The quantitative estimate of drug-likeness (QED) is 0.110. The Morgan fingerprint density at radius 2 is 1.96 bits per heavy atom. The maximum Gasteiger partial charge on any atom is 0.322 e. The van der Waals surface area contributed by atoms with Gasteiger partial charge in [0.05, 0.1) is 6.61 Å². The number of nitrogens with two attached hydrogens (primary N) is 1. The van der Waals surface area contributed by atoms with E-state index in [1.54, 1.807) is 0 Å². The maximum atomic E-state index is 11.9. The number of hydrogen-bond acceptors (Lipinski definition) is 8. The molecule has 0 spiro atoms. The SMILES string of the molecule is CCSSC[C@H](NC(=O)NC[C@H](N)COO)C(=O)NCC(=O)O. The van der Waals surface area contributed by atoms with Crippen LogP contribution in [0.5, 0.6) is 0 Å². The Hall–Kier alpha value is -1.21. The minimum absolute atomic E-state index is 0.0344. The number of aliphatic carboxylic acids is 1. The van der Waals surface area contributed by atoms with Gasteiger partial charge in [0.1, 0.15) is 12.6 Å². The van der Waals surface area contributed by atoms with Crippen LogP contribution in [0.25, 0.3) is 0 Å². The first-order valence-corrected chi connectivity index (χ1v) is 9.19. The van der Waals surface area contributed by atoms with Gasteiger partial charge in [-0.2, -0.15) is 0 Å². The number of amides is 3. The van der Waals surface area contributed by atoms with E-state index in [1.165, 1.54) is 21.6 Å². The predicted molar refractivity (Wildman–Crippen MR) is 88.1 cm³/mol. The smallest absolute Gasteiger partial charge is 0.322 e. The molecule has 0 aromatic rings. The number of carboxylic acids is 1. The molecule has 0 aliphatic heterocycles. The summed E-state index contributed by atoms with van der Waals surface area (Å²) in [6.45, 7) is 1.31. The lowest BCUT2D eigenvalue weighted by atomic mass is 10.3. The van der Waals surface area contributed by atoms with E-state index < -0.39 is 36.5 Å². The van der Waals surface area contributed by atoms with Gasteiger partial charge in [-0.3, -0.25) is 14.8 Å². The molecule has 0 rings (SSSR count). The van der Waals surface area contributed by atoms with Crippen molar-refractivity contribution in [1.29, 1.82) is 0 Å². The molecule has 7 N–H and O–H groups in total. The molecule has 0 radical (unpaired) electrons. The summed E-state index contributed by atoms with van der Waals surface area (Å²) in [6.07, 6.45) is 0. The Balaban J connectivity index is 4.39. The minimum Gasteiger partial charge on any atom is -0.480 e. The third-order valence-corrected chi connectivity index (χ3v) is 4.77. The van der Waals surface area contributed by atoms with Gasteiger partial charge in [-0.1, -0.05) is 28.5 Å². The van der Waals surface area contributed by atoms with Crippen molar-refractivity contribution >= 4 is 39.5 Å². The van der Waals surface area contributed by atoms with Gasteiger partial charge in [0.15, 0.2) is 0 Å². The van der Waals surface area contributed by atoms with Crippen molar-refractivity contribution < 1.29 is 29.6 Å². The van der Waals surface area contributed by atoms with Crippen molar-refractivity contribution in [3.8, 4) is 0 Å². The second-order valence-electron chi connectivity index (χ2n) is 4.27. The summed E-state index contributed by atoms with van der Waals surface area (Å²) >= 11 is 0. The van der Waals surface area contributed by atoms with Gasteiger partial charge < -0.3 is 26.8 Å². The summed E-state index contributed by atoms with van der Waals surface area (Å²) < 4.78 is 0. The van der Waals surface area contributed by atoms with Crippen LogP contribution in [0.15, 0.2) is 0 Å². The van der Waals surface area contributed by atoms with Crippen LogP contribution in [0.3, 0.4) is 0 Å². The number of rotatable bonds is 12. The highest BCUT2D eigenvalue weighted by Gasteiger charge is 2.21. The summed E-state index contributed by atoms with van der Waals surface area (Å²) in [7, 11) is 2.90. The first-order valence-electron chi connectivity index (χ1n) is 6.70. The van der Waals surface area contributed by atoms with Crippen LogP contribution in [0.2, 0.25) is 0 Å². The van der Waals surface area contributed by atoms with Crippen LogP contribution in [0.4, 0.5) is 4.79 Å². The summed E-state index contributed by atoms with van der Waals surface area (Å²) in [5.74, 6) is -0.652. The van der Waals surface area contributed by atoms with Gasteiger partial charge in [0.25, 0.3) is 0 Å². The molecule has 0 saturated carbocycles. The fraction of sp³-hybridized carbons (Fsp3) is 0.727. The average molecular weight is 370 g/mol. The molecule has 3 amide bonds. The van der Waals surface area contributed by atoms with E-state index in [9.17, 15) is 14.4 Å². The van der Waals surface area contributed by atoms with E-state index in [0.29, 0.717) is 0 Å². The van der Waals surface area contributed by atoms with Gasteiger partial charge in [-0.05, 0) is 0 Å². The zero-order valence-corrected chi connectivity index (χ0v) is 14.2. The third kappa shape index (κ3) is 11.9. The van der Waals surface area contributed by atoms with Gasteiger partial charge in [-0.15, -0.1) is 0 Å². The van der Waals surface area contributed by atoms with Gasteiger partial charge in [0, 0.05) is 24.1 Å². The Labute approximate surface area is 141 Å². The number of carboxylic acid groups (broad SMARTS) is 1. The molecule has 134 valence electrons. The number of urea groups is 1. The second-order valence-corrected chi connectivity index (χ2v) is 7.06. The maximum absolute atomic E-state index is 11.9.